The molecule has 0 aliphatic heterocycles. The van der Waals surface area contributed by atoms with Crippen molar-refractivity contribution in [3.63, 3.8) is 0 Å². The molecule has 0 spiro atoms. The second-order valence-electron chi connectivity index (χ2n) is 3.62. The van der Waals surface area contributed by atoms with Crippen LogP contribution in [0.25, 0.3) is 0 Å². The molecule has 0 aromatic rings. The summed E-state index contributed by atoms with van der Waals surface area (Å²) in [5.41, 5.74) is 0. The van der Waals surface area contributed by atoms with Gasteiger partial charge in [-0.05, 0) is 30.6 Å². The average Bonchev–Trinajstić information content (AvgIpc) is 2.39. The number of hydrogen-bond acceptors (Lipinski definition) is 0. The minimum absolute atomic E-state index is 1.02. The molecule has 0 radical (unpaired) electrons. The Labute approximate surface area is 63.0 Å². The van der Waals surface area contributed by atoms with E-state index >= 15 is 0 Å². The molecule has 0 saturated heterocycles. The molecule has 0 bridgehead atoms. The third-order valence-electron chi connectivity index (χ3n) is 3.09. The lowest BCUT2D eigenvalue weighted by atomic mass is 10.1. The highest BCUT2D eigenvalue weighted by molar-refractivity contribution is 5.06. The Bertz CT molecular complexity index is 164. The summed E-state index contributed by atoms with van der Waals surface area (Å²) in [5, 5.41) is 0. The molecular weight excluding hydrogens is 120 g/mol. The first-order valence-corrected chi connectivity index (χ1v) is 4.35. The van der Waals surface area contributed by atoms with Crippen molar-refractivity contribution in [1.29, 1.82) is 0 Å². The number of rotatable bonds is 0. The standard InChI is InChI=1S/C10H14/c1-8-9-6-4-2-3-5-7-10(8)9/h8-10H,4-7H2,1H3. The number of hydrogen-bond donors (Lipinski definition) is 0. The van der Waals surface area contributed by atoms with Crippen LogP contribution in [0.5, 0.6) is 0 Å². The molecule has 2 aliphatic rings. The first-order chi connectivity index (χ1) is 4.89. The van der Waals surface area contributed by atoms with E-state index in [1.165, 1.54) is 12.8 Å². The summed E-state index contributed by atoms with van der Waals surface area (Å²) in [6.07, 6.45) is 5.06. The molecule has 0 heteroatoms. The molecule has 2 aliphatic carbocycles. The summed E-state index contributed by atoms with van der Waals surface area (Å²) in [4.78, 5) is 0. The normalized spacial score (nSPS) is 43.9. The van der Waals surface area contributed by atoms with Gasteiger partial charge in [-0.1, -0.05) is 6.92 Å². The van der Waals surface area contributed by atoms with E-state index in [9.17, 15) is 0 Å². The number of fused-ring (bicyclic) bond motifs is 1. The molecular formula is C10H14. The molecule has 1 saturated carbocycles. The fraction of sp³-hybridized carbons (Fsp3) is 0.800. The molecule has 0 N–H and O–H groups in total. The van der Waals surface area contributed by atoms with E-state index in [0.717, 1.165) is 30.6 Å². The average molecular weight is 134 g/mol. The van der Waals surface area contributed by atoms with Crippen molar-refractivity contribution in [2.75, 3.05) is 0 Å². The lowest BCUT2D eigenvalue weighted by Gasteiger charge is -1.96. The molecule has 0 nitrogen and oxygen atoms in total. The van der Waals surface area contributed by atoms with Gasteiger partial charge in [-0.3, -0.25) is 0 Å². The Morgan fingerprint density at radius 2 is 1.50 bits per heavy atom. The first kappa shape index (κ1) is 6.28. The van der Waals surface area contributed by atoms with Gasteiger partial charge in [-0.15, -0.1) is 11.8 Å². The van der Waals surface area contributed by atoms with Crippen molar-refractivity contribution in [2.45, 2.75) is 32.6 Å². The van der Waals surface area contributed by atoms with Crippen molar-refractivity contribution < 1.29 is 0 Å². The van der Waals surface area contributed by atoms with Crippen LogP contribution in [0.15, 0.2) is 0 Å². The second kappa shape index (κ2) is 2.31. The van der Waals surface area contributed by atoms with E-state index in [4.69, 9.17) is 0 Å². The Kier molecular flexibility index (Phi) is 1.45. The second-order valence-corrected chi connectivity index (χ2v) is 3.62. The van der Waals surface area contributed by atoms with Crippen LogP contribution in [-0.2, 0) is 0 Å². The predicted octanol–water partition coefficient (Wildman–Crippen LogP) is 2.45. The molecule has 1 fully saturated rings. The quantitative estimate of drug-likeness (QED) is 0.446. The SMILES string of the molecule is CC1C2CCC#CCCC12. The molecule has 0 aromatic carbocycles. The summed E-state index contributed by atoms with van der Waals surface area (Å²) in [6.45, 7) is 2.39. The Hall–Kier alpha value is -0.440. The molecule has 54 valence electrons. The Morgan fingerprint density at radius 3 is 2.00 bits per heavy atom. The fourth-order valence-electron chi connectivity index (χ4n) is 2.25. The zero-order valence-corrected chi connectivity index (χ0v) is 6.56. The zero-order valence-electron chi connectivity index (χ0n) is 6.56. The van der Waals surface area contributed by atoms with Gasteiger partial charge in [-0.2, -0.15) is 0 Å². The third-order valence-corrected chi connectivity index (χ3v) is 3.09. The van der Waals surface area contributed by atoms with Crippen LogP contribution in [-0.4, -0.2) is 0 Å². The van der Waals surface area contributed by atoms with Gasteiger partial charge in [0, 0.05) is 12.8 Å². The maximum Gasteiger partial charge on any atom is 0.00915 e. The highest BCUT2D eigenvalue weighted by Gasteiger charge is 2.44. The molecule has 10 heavy (non-hydrogen) atoms. The van der Waals surface area contributed by atoms with Gasteiger partial charge in [-0.25, -0.2) is 0 Å². The van der Waals surface area contributed by atoms with Crippen molar-refractivity contribution in [3.05, 3.63) is 0 Å². The van der Waals surface area contributed by atoms with Crippen molar-refractivity contribution in [2.24, 2.45) is 17.8 Å². The Morgan fingerprint density at radius 1 is 1.00 bits per heavy atom. The minimum Gasteiger partial charge on any atom is -0.103 e. The summed E-state index contributed by atoms with van der Waals surface area (Å²) in [7, 11) is 0. The van der Waals surface area contributed by atoms with E-state index < -0.39 is 0 Å². The van der Waals surface area contributed by atoms with Crippen LogP contribution in [0.2, 0.25) is 0 Å². The smallest absolute Gasteiger partial charge is 0.00915 e. The van der Waals surface area contributed by atoms with E-state index in [1.807, 2.05) is 0 Å². The lowest BCUT2D eigenvalue weighted by molar-refractivity contribution is 0.618. The van der Waals surface area contributed by atoms with Crippen molar-refractivity contribution in [3.8, 4) is 11.8 Å². The van der Waals surface area contributed by atoms with Crippen LogP contribution >= 0.6 is 0 Å². The van der Waals surface area contributed by atoms with Crippen LogP contribution in [0, 0.1) is 29.6 Å². The fourth-order valence-corrected chi connectivity index (χ4v) is 2.25. The monoisotopic (exact) mass is 134 g/mol. The molecule has 2 unspecified atom stereocenters. The molecule has 0 amide bonds. The van der Waals surface area contributed by atoms with E-state index in [1.54, 1.807) is 0 Å². The van der Waals surface area contributed by atoms with Crippen molar-refractivity contribution >= 4 is 0 Å². The van der Waals surface area contributed by atoms with E-state index in [-0.39, 0.29) is 0 Å². The van der Waals surface area contributed by atoms with Crippen molar-refractivity contribution in [1.82, 2.24) is 0 Å². The van der Waals surface area contributed by atoms with Gasteiger partial charge in [0.15, 0.2) is 0 Å². The van der Waals surface area contributed by atoms with Gasteiger partial charge >= 0.3 is 0 Å². The van der Waals surface area contributed by atoms with Crippen LogP contribution in [0.4, 0.5) is 0 Å². The maximum atomic E-state index is 3.21. The minimum atomic E-state index is 1.02. The van der Waals surface area contributed by atoms with Gasteiger partial charge < -0.3 is 0 Å². The predicted molar refractivity (Wildman–Crippen MR) is 42.4 cm³/mol. The summed E-state index contributed by atoms with van der Waals surface area (Å²) >= 11 is 0. The molecule has 2 rings (SSSR count). The zero-order chi connectivity index (χ0) is 6.97. The van der Waals surface area contributed by atoms with E-state index in [0.29, 0.717) is 0 Å². The summed E-state index contributed by atoms with van der Waals surface area (Å²) < 4.78 is 0. The summed E-state index contributed by atoms with van der Waals surface area (Å²) in [5.74, 6) is 9.55. The Balaban J connectivity index is 1.97. The third kappa shape index (κ3) is 0.944. The molecule has 0 aromatic heterocycles. The molecule has 2 atom stereocenters. The van der Waals surface area contributed by atoms with E-state index in [2.05, 4.69) is 18.8 Å². The van der Waals surface area contributed by atoms with Crippen LogP contribution in [0.3, 0.4) is 0 Å². The van der Waals surface area contributed by atoms with Gasteiger partial charge in [0.25, 0.3) is 0 Å². The first-order valence-electron chi connectivity index (χ1n) is 4.35. The highest BCUT2D eigenvalue weighted by Crippen LogP contribution is 2.51. The topological polar surface area (TPSA) is 0 Å². The lowest BCUT2D eigenvalue weighted by Crippen LogP contribution is -1.85. The van der Waals surface area contributed by atoms with Gasteiger partial charge in [0.05, 0.1) is 0 Å². The highest BCUT2D eigenvalue weighted by atomic mass is 14.5. The van der Waals surface area contributed by atoms with Crippen LogP contribution < -0.4 is 0 Å². The largest absolute Gasteiger partial charge is 0.103 e. The van der Waals surface area contributed by atoms with Gasteiger partial charge in [0.1, 0.15) is 0 Å². The van der Waals surface area contributed by atoms with Crippen LogP contribution in [0.1, 0.15) is 32.6 Å². The molecule has 0 heterocycles. The summed E-state index contributed by atoms with van der Waals surface area (Å²) in [6, 6.07) is 0. The van der Waals surface area contributed by atoms with Gasteiger partial charge in [0.2, 0.25) is 0 Å². The maximum absolute atomic E-state index is 3.21.